The summed E-state index contributed by atoms with van der Waals surface area (Å²) in [5, 5.41) is 7.60. The molecule has 0 nitrogen and oxygen atoms in total. The minimum Gasteiger partial charge on any atom is -0.0616 e. The molecule has 0 atom stereocenters. The van der Waals surface area contributed by atoms with Crippen molar-refractivity contribution in [2.24, 2.45) is 0 Å². The van der Waals surface area contributed by atoms with Crippen molar-refractivity contribution in [3.8, 4) is 0 Å². The number of hydrogen-bond acceptors (Lipinski definition) is 0. The van der Waals surface area contributed by atoms with Crippen LogP contribution in [0.4, 0.5) is 0 Å². The molecule has 0 N–H and O–H groups in total. The Bertz CT molecular complexity index is 797. The third kappa shape index (κ3) is 1.26. The molecule has 83 valence electrons. The molecule has 0 aromatic heterocycles. The first-order valence-electron chi connectivity index (χ1n) is 6.14. The normalized spacial score (nSPS) is 11.3. The summed E-state index contributed by atoms with van der Waals surface area (Å²) in [7, 11) is 0. The fourth-order valence-corrected chi connectivity index (χ4v) is 2.67. The number of benzene rings is 4. The van der Waals surface area contributed by atoms with Gasteiger partial charge in [0, 0.05) is 0 Å². The van der Waals surface area contributed by atoms with Crippen LogP contribution in [0.25, 0.3) is 32.3 Å². The maximum atomic E-state index is 3.44. The van der Waals surface area contributed by atoms with Gasteiger partial charge in [-0.2, -0.15) is 0 Å². The molecule has 4 aromatic rings. The van der Waals surface area contributed by atoms with Gasteiger partial charge in [-0.25, -0.2) is 0 Å². The summed E-state index contributed by atoms with van der Waals surface area (Å²) in [5.74, 6) is 0. The Morgan fingerprint density at radius 3 is 2.17 bits per heavy atom. The highest BCUT2D eigenvalue weighted by molar-refractivity contribution is 6.16. The second kappa shape index (κ2) is 3.58. The van der Waals surface area contributed by atoms with E-state index in [0.717, 1.165) is 0 Å². The van der Waals surface area contributed by atoms with Gasteiger partial charge in [-0.15, -0.1) is 0 Å². The molecule has 0 aliphatic heterocycles. The van der Waals surface area contributed by atoms with Crippen molar-refractivity contribution < 1.29 is 0 Å². The Labute approximate surface area is 105 Å². The zero-order chi connectivity index (χ0) is 11.9. The molecule has 0 spiro atoms. The van der Waals surface area contributed by atoms with Crippen LogP contribution in [0.15, 0.2) is 66.7 Å². The minimum atomic E-state index is 1.21. The monoisotopic (exact) mass is 227 g/mol. The Hall–Kier alpha value is -2.34. The van der Waals surface area contributed by atoms with Gasteiger partial charge < -0.3 is 0 Å². The summed E-state index contributed by atoms with van der Waals surface area (Å²) in [5.41, 5.74) is 0. The van der Waals surface area contributed by atoms with Crippen LogP contribution in [0.3, 0.4) is 0 Å². The van der Waals surface area contributed by atoms with Crippen molar-refractivity contribution in [3.05, 3.63) is 72.8 Å². The van der Waals surface area contributed by atoms with Gasteiger partial charge in [-0.1, -0.05) is 60.7 Å². The number of fused-ring (bicyclic) bond motifs is 5. The van der Waals surface area contributed by atoms with Crippen LogP contribution in [-0.4, -0.2) is 0 Å². The van der Waals surface area contributed by atoms with Crippen LogP contribution < -0.4 is 0 Å². The van der Waals surface area contributed by atoms with Gasteiger partial charge in [0.05, 0.1) is 0 Å². The van der Waals surface area contributed by atoms with E-state index in [9.17, 15) is 0 Å². The Morgan fingerprint density at radius 2 is 1.28 bits per heavy atom. The van der Waals surface area contributed by atoms with Gasteiger partial charge >= 0.3 is 0 Å². The van der Waals surface area contributed by atoms with Gasteiger partial charge in [0.2, 0.25) is 0 Å². The van der Waals surface area contributed by atoms with Crippen molar-refractivity contribution in [3.63, 3.8) is 0 Å². The quantitative estimate of drug-likeness (QED) is 0.373. The van der Waals surface area contributed by atoms with Gasteiger partial charge in [-0.05, 0) is 44.5 Å². The first kappa shape index (κ1) is 9.67. The van der Waals surface area contributed by atoms with Crippen molar-refractivity contribution in [2.75, 3.05) is 0 Å². The molecule has 4 rings (SSSR count). The van der Waals surface area contributed by atoms with Crippen molar-refractivity contribution >= 4 is 32.3 Å². The van der Waals surface area contributed by atoms with Gasteiger partial charge in [0.25, 0.3) is 0 Å². The molecule has 4 aromatic carbocycles. The lowest BCUT2D eigenvalue weighted by molar-refractivity contribution is 1.77. The van der Waals surface area contributed by atoms with Crippen LogP contribution in [0, 0.1) is 6.07 Å². The SMILES string of the molecule is [c]1cc2ccccc2c2ccc3ccccc3c12. The predicted molar refractivity (Wildman–Crippen MR) is 77.8 cm³/mol. The highest BCUT2D eigenvalue weighted by Gasteiger charge is 2.03. The molecule has 0 heteroatoms. The number of rotatable bonds is 0. The average molecular weight is 227 g/mol. The second-order valence-electron chi connectivity index (χ2n) is 4.59. The zero-order valence-corrected chi connectivity index (χ0v) is 9.85. The van der Waals surface area contributed by atoms with Crippen LogP contribution in [0.5, 0.6) is 0 Å². The third-order valence-electron chi connectivity index (χ3n) is 3.55. The molecule has 0 bridgehead atoms. The summed E-state index contributed by atoms with van der Waals surface area (Å²) in [6, 6.07) is 26.9. The van der Waals surface area contributed by atoms with E-state index in [1.54, 1.807) is 0 Å². The van der Waals surface area contributed by atoms with Crippen LogP contribution in [0.2, 0.25) is 0 Å². The molecule has 0 aliphatic rings. The third-order valence-corrected chi connectivity index (χ3v) is 3.55. The molecule has 0 saturated carbocycles. The molecule has 0 amide bonds. The van der Waals surface area contributed by atoms with E-state index in [1.807, 2.05) is 0 Å². The first-order chi connectivity index (χ1) is 8.93. The zero-order valence-electron chi connectivity index (χ0n) is 9.85. The molecule has 1 radical (unpaired) electrons. The summed E-state index contributed by atoms with van der Waals surface area (Å²) in [6.45, 7) is 0. The Kier molecular flexibility index (Phi) is 1.92. The van der Waals surface area contributed by atoms with Crippen LogP contribution >= 0.6 is 0 Å². The summed E-state index contributed by atoms with van der Waals surface area (Å²) < 4.78 is 0. The average Bonchev–Trinajstić information content (AvgIpc) is 2.46. The molecule has 0 unspecified atom stereocenters. The molecule has 0 heterocycles. The van der Waals surface area contributed by atoms with Crippen molar-refractivity contribution in [1.82, 2.24) is 0 Å². The largest absolute Gasteiger partial charge is 0.0616 e. The molecule has 0 aliphatic carbocycles. The van der Waals surface area contributed by atoms with E-state index in [0.29, 0.717) is 0 Å². The molecular weight excluding hydrogens is 216 g/mol. The van der Waals surface area contributed by atoms with E-state index in [2.05, 4.69) is 72.8 Å². The number of hydrogen-bond donors (Lipinski definition) is 0. The standard InChI is InChI=1S/C18H11/c1-3-7-15-13(5-1)9-11-18-16-8-4-2-6-14(16)10-12-17(15)18/h1-11H. The van der Waals surface area contributed by atoms with E-state index in [-0.39, 0.29) is 0 Å². The van der Waals surface area contributed by atoms with E-state index < -0.39 is 0 Å². The Morgan fingerprint density at radius 1 is 0.556 bits per heavy atom. The molecular formula is C18H11. The van der Waals surface area contributed by atoms with E-state index in [4.69, 9.17) is 0 Å². The summed E-state index contributed by atoms with van der Waals surface area (Å²) in [6.07, 6.45) is 0. The second-order valence-corrected chi connectivity index (χ2v) is 4.59. The highest BCUT2D eigenvalue weighted by atomic mass is 14.1. The maximum Gasteiger partial charge on any atom is -0.00201 e. The summed E-state index contributed by atoms with van der Waals surface area (Å²) in [4.78, 5) is 0. The van der Waals surface area contributed by atoms with Crippen LogP contribution in [0.1, 0.15) is 0 Å². The fraction of sp³-hybridized carbons (Fsp3) is 0. The maximum absolute atomic E-state index is 3.44. The lowest BCUT2D eigenvalue weighted by atomic mass is 9.97. The van der Waals surface area contributed by atoms with Crippen LogP contribution in [-0.2, 0) is 0 Å². The lowest BCUT2D eigenvalue weighted by Gasteiger charge is -2.06. The molecule has 0 saturated heterocycles. The van der Waals surface area contributed by atoms with Gasteiger partial charge in [0.1, 0.15) is 0 Å². The van der Waals surface area contributed by atoms with Crippen molar-refractivity contribution in [2.45, 2.75) is 0 Å². The minimum absolute atomic E-state index is 1.21. The first-order valence-corrected chi connectivity index (χ1v) is 6.14. The molecule has 18 heavy (non-hydrogen) atoms. The topological polar surface area (TPSA) is 0 Å². The van der Waals surface area contributed by atoms with Crippen molar-refractivity contribution in [1.29, 1.82) is 0 Å². The van der Waals surface area contributed by atoms with E-state index >= 15 is 0 Å². The van der Waals surface area contributed by atoms with Gasteiger partial charge in [0.15, 0.2) is 0 Å². The fourth-order valence-electron chi connectivity index (χ4n) is 2.67. The highest BCUT2D eigenvalue weighted by Crippen LogP contribution is 2.30. The summed E-state index contributed by atoms with van der Waals surface area (Å²) >= 11 is 0. The van der Waals surface area contributed by atoms with Gasteiger partial charge in [-0.3, -0.25) is 0 Å². The molecule has 0 fully saturated rings. The predicted octanol–water partition coefficient (Wildman–Crippen LogP) is 4.95. The van der Waals surface area contributed by atoms with E-state index in [1.165, 1.54) is 32.3 Å². The Balaban J connectivity index is 2.31. The smallest absolute Gasteiger partial charge is 0.00201 e. The lowest BCUT2D eigenvalue weighted by Crippen LogP contribution is -1.80.